The van der Waals surface area contributed by atoms with Crippen molar-refractivity contribution < 1.29 is 8.42 Å². The van der Waals surface area contributed by atoms with Gasteiger partial charge in [0.1, 0.15) is 0 Å². The first kappa shape index (κ1) is 18.1. The zero-order chi connectivity index (χ0) is 16.1. The van der Waals surface area contributed by atoms with Crippen molar-refractivity contribution in [1.29, 1.82) is 0 Å². The van der Waals surface area contributed by atoms with Crippen LogP contribution in [-0.2, 0) is 10.0 Å². The Hall–Kier alpha value is -0.910. The Labute approximate surface area is 129 Å². The van der Waals surface area contributed by atoms with Gasteiger partial charge in [-0.1, -0.05) is 39.8 Å². The second kappa shape index (κ2) is 7.38. The first-order valence-corrected chi connectivity index (χ1v) is 9.14. The van der Waals surface area contributed by atoms with Crippen LogP contribution in [0.3, 0.4) is 0 Å². The molecule has 0 saturated heterocycles. The molecule has 0 saturated carbocycles. The number of rotatable bonds is 8. The molecular weight excluding hydrogens is 284 g/mol. The molecule has 0 aliphatic rings. The highest BCUT2D eigenvalue weighted by atomic mass is 32.2. The van der Waals surface area contributed by atoms with Gasteiger partial charge in [0, 0.05) is 12.1 Å². The van der Waals surface area contributed by atoms with Crippen LogP contribution in [0.2, 0.25) is 0 Å². The number of benzene rings is 1. The van der Waals surface area contributed by atoms with Gasteiger partial charge in [-0.15, -0.1) is 0 Å². The molecule has 0 radical (unpaired) electrons. The summed E-state index contributed by atoms with van der Waals surface area (Å²) in [6, 6.07) is 7.11. The van der Waals surface area contributed by atoms with E-state index < -0.39 is 15.6 Å². The first-order chi connectivity index (χ1) is 9.78. The van der Waals surface area contributed by atoms with Gasteiger partial charge in [-0.2, -0.15) is 0 Å². The van der Waals surface area contributed by atoms with E-state index in [1.165, 1.54) is 0 Å². The van der Waals surface area contributed by atoms with E-state index in [-0.39, 0.29) is 6.54 Å². The van der Waals surface area contributed by atoms with E-state index in [0.29, 0.717) is 10.8 Å². The van der Waals surface area contributed by atoms with Crippen molar-refractivity contribution in [2.45, 2.75) is 63.3 Å². The van der Waals surface area contributed by atoms with Crippen molar-refractivity contribution in [1.82, 2.24) is 4.72 Å². The number of sulfonamides is 1. The van der Waals surface area contributed by atoms with Gasteiger partial charge in [0.05, 0.1) is 4.90 Å². The predicted octanol–water partition coefficient (Wildman–Crippen LogP) is 3.00. The predicted molar refractivity (Wildman–Crippen MR) is 87.8 cm³/mol. The fraction of sp³-hybridized carbons (Fsp3) is 0.625. The maximum Gasteiger partial charge on any atom is 0.240 e. The maximum atomic E-state index is 12.3. The molecule has 1 atom stereocenters. The minimum atomic E-state index is -3.49. The van der Waals surface area contributed by atoms with Gasteiger partial charge in [-0.25, -0.2) is 13.1 Å². The SMILES string of the molecule is CCC(C)c1ccc(S(=O)(=O)NCC(N)(CC)CC)cc1. The van der Waals surface area contributed by atoms with E-state index in [4.69, 9.17) is 5.73 Å². The molecule has 0 aliphatic carbocycles. The highest BCUT2D eigenvalue weighted by Crippen LogP contribution is 2.20. The van der Waals surface area contributed by atoms with Crippen LogP contribution in [0.5, 0.6) is 0 Å². The molecule has 4 nitrogen and oxygen atoms in total. The summed E-state index contributed by atoms with van der Waals surface area (Å²) in [6.07, 6.45) is 2.50. The average Bonchev–Trinajstić information content (AvgIpc) is 2.52. The highest BCUT2D eigenvalue weighted by Gasteiger charge is 2.24. The van der Waals surface area contributed by atoms with Gasteiger partial charge in [0.15, 0.2) is 0 Å². The molecule has 1 aromatic rings. The zero-order valence-electron chi connectivity index (χ0n) is 13.5. The topological polar surface area (TPSA) is 72.2 Å². The molecule has 1 rings (SSSR count). The molecule has 0 heterocycles. The minimum Gasteiger partial charge on any atom is -0.324 e. The normalized spacial score (nSPS) is 14.1. The fourth-order valence-corrected chi connectivity index (χ4v) is 3.17. The van der Waals surface area contributed by atoms with E-state index in [9.17, 15) is 8.42 Å². The zero-order valence-corrected chi connectivity index (χ0v) is 14.3. The molecule has 21 heavy (non-hydrogen) atoms. The Kier molecular flexibility index (Phi) is 6.38. The molecule has 0 spiro atoms. The number of hydrogen-bond acceptors (Lipinski definition) is 3. The van der Waals surface area contributed by atoms with Crippen molar-refractivity contribution in [2.75, 3.05) is 6.54 Å². The minimum absolute atomic E-state index is 0.259. The van der Waals surface area contributed by atoms with Crippen LogP contribution in [0.1, 0.15) is 58.4 Å². The number of nitrogens with one attached hydrogen (secondary N) is 1. The molecule has 1 aromatic carbocycles. The molecule has 3 N–H and O–H groups in total. The summed E-state index contributed by atoms with van der Waals surface area (Å²) in [4.78, 5) is 0.295. The maximum absolute atomic E-state index is 12.3. The van der Waals surface area contributed by atoms with Gasteiger partial charge in [0.2, 0.25) is 10.0 Å². The van der Waals surface area contributed by atoms with E-state index in [1.54, 1.807) is 12.1 Å². The van der Waals surface area contributed by atoms with Crippen LogP contribution in [0.25, 0.3) is 0 Å². The Morgan fingerprint density at radius 2 is 1.67 bits per heavy atom. The van der Waals surface area contributed by atoms with Crippen molar-refractivity contribution in [3.05, 3.63) is 29.8 Å². The summed E-state index contributed by atoms with van der Waals surface area (Å²) in [6.45, 7) is 8.45. The quantitative estimate of drug-likeness (QED) is 0.775. The molecule has 1 unspecified atom stereocenters. The number of hydrogen-bond donors (Lipinski definition) is 2. The Bertz CT molecular complexity index is 534. The van der Waals surface area contributed by atoms with E-state index in [0.717, 1.165) is 24.8 Å². The second-order valence-electron chi connectivity index (χ2n) is 5.77. The summed E-state index contributed by atoms with van der Waals surface area (Å²) in [5.74, 6) is 0.437. The lowest BCUT2D eigenvalue weighted by Gasteiger charge is -2.26. The van der Waals surface area contributed by atoms with Crippen LogP contribution >= 0.6 is 0 Å². The fourth-order valence-electron chi connectivity index (χ4n) is 2.03. The van der Waals surface area contributed by atoms with Gasteiger partial charge < -0.3 is 5.73 Å². The Morgan fingerprint density at radius 1 is 1.14 bits per heavy atom. The summed E-state index contributed by atoms with van der Waals surface area (Å²) >= 11 is 0. The lowest BCUT2D eigenvalue weighted by Crippen LogP contribution is -2.49. The third-order valence-corrected chi connectivity index (χ3v) is 5.81. The van der Waals surface area contributed by atoms with E-state index in [2.05, 4.69) is 18.6 Å². The molecular formula is C16H28N2O2S. The van der Waals surface area contributed by atoms with Crippen LogP contribution in [0, 0.1) is 0 Å². The molecule has 0 aromatic heterocycles. The molecule has 5 heteroatoms. The van der Waals surface area contributed by atoms with Crippen LogP contribution in [-0.4, -0.2) is 20.5 Å². The Morgan fingerprint density at radius 3 is 2.10 bits per heavy atom. The highest BCUT2D eigenvalue weighted by molar-refractivity contribution is 7.89. The van der Waals surface area contributed by atoms with Gasteiger partial charge in [-0.05, 0) is 42.9 Å². The van der Waals surface area contributed by atoms with Gasteiger partial charge in [0.25, 0.3) is 0 Å². The van der Waals surface area contributed by atoms with Crippen LogP contribution in [0.15, 0.2) is 29.2 Å². The third kappa shape index (κ3) is 4.80. The summed E-state index contributed by atoms with van der Waals surface area (Å²) in [5, 5.41) is 0. The van der Waals surface area contributed by atoms with Crippen molar-refractivity contribution in [3.63, 3.8) is 0 Å². The summed E-state index contributed by atoms with van der Waals surface area (Å²) < 4.78 is 27.2. The third-order valence-electron chi connectivity index (χ3n) is 4.39. The van der Waals surface area contributed by atoms with Crippen LogP contribution < -0.4 is 10.5 Å². The molecule has 120 valence electrons. The van der Waals surface area contributed by atoms with Gasteiger partial charge in [-0.3, -0.25) is 0 Å². The lowest BCUT2D eigenvalue weighted by molar-refractivity contribution is 0.392. The number of nitrogens with two attached hydrogens (primary N) is 1. The smallest absolute Gasteiger partial charge is 0.240 e. The van der Waals surface area contributed by atoms with Crippen molar-refractivity contribution >= 4 is 10.0 Å². The van der Waals surface area contributed by atoms with E-state index >= 15 is 0 Å². The first-order valence-electron chi connectivity index (χ1n) is 7.66. The second-order valence-corrected chi connectivity index (χ2v) is 7.54. The standard InChI is InChI=1S/C16H28N2O2S/c1-5-13(4)14-8-10-15(11-9-14)21(19,20)18-12-16(17,6-2)7-3/h8-11,13,18H,5-7,12,17H2,1-4H3. The molecule has 0 aliphatic heterocycles. The molecule has 0 amide bonds. The molecule has 0 bridgehead atoms. The largest absolute Gasteiger partial charge is 0.324 e. The Balaban J connectivity index is 2.84. The summed E-state index contributed by atoms with van der Waals surface area (Å²) in [7, 11) is -3.49. The lowest BCUT2D eigenvalue weighted by atomic mass is 9.95. The average molecular weight is 312 g/mol. The van der Waals surface area contributed by atoms with Gasteiger partial charge >= 0.3 is 0 Å². The van der Waals surface area contributed by atoms with Crippen molar-refractivity contribution in [2.24, 2.45) is 5.73 Å². The molecule has 0 fully saturated rings. The van der Waals surface area contributed by atoms with Crippen LogP contribution in [0.4, 0.5) is 0 Å². The summed E-state index contributed by atoms with van der Waals surface area (Å²) in [5.41, 5.74) is 6.81. The monoisotopic (exact) mass is 312 g/mol. The van der Waals surface area contributed by atoms with E-state index in [1.807, 2.05) is 26.0 Å². The van der Waals surface area contributed by atoms with Crippen molar-refractivity contribution in [3.8, 4) is 0 Å².